The second-order valence-corrected chi connectivity index (χ2v) is 6.17. The summed E-state index contributed by atoms with van der Waals surface area (Å²) in [4.78, 5) is 3.74. The Bertz CT molecular complexity index is 702. The molecule has 1 heterocycles. The zero-order valence-corrected chi connectivity index (χ0v) is 11.8. The Balaban J connectivity index is 2.37. The fraction of sp³-hybridized carbons (Fsp3) is 0. The first-order valence-electron chi connectivity index (χ1n) is 5.08. The first-order chi connectivity index (χ1) is 8.88. The minimum atomic E-state index is -3.84. The molecular formula is C11H9Cl2N3O2S. The summed E-state index contributed by atoms with van der Waals surface area (Å²) in [6, 6.07) is 7.17. The van der Waals surface area contributed by atoms with Crippen molar-refractivity contribution in [3.05, 3.63) is 46.6 Å². The highest BCUT2D eigenvalue weighted by Gasteiger charge is 2.18. The van der Waals surface area contributed by atoms with Gasteiger partial charge in [-0.1, -0.05) is 23.2 Å². The number of rotatable bonds is 3. The molecule has 0 spiro atoms. The average Bonchev–Trinajstić information content (AvgIpc) is 2.35. The minimum Gasteiger partial charge on any atom is -0.398 e. The molecule has 0 amide bonds. The zero-order chi connectivity index (χ0) is 14.0. The fourth-order valence-corrected chi connectivity index (χ4v) is 2.88. The molecule has 0 saturated heterocycles. The van der Waals surface area contributed by atoms with Crippen molar-refractivity contribution in [3.8, 4) is 0 Å². The summed E-state index contributed by atoms with van der Waals surface area (Å²) in [6.07, 6.45) is 1.33. The molecule has 0 aliphatic heterocycles. The maximum atomic E-state index is 12.1. The third kappa shape index (κ3) is 3.28. The van der Waals surface area contributed by atoms with Crippen molar-refractivity contribution < 1.29 is 8.42 Å². The summed E-state index contributed by atoms with van der Waals surface area (Å²) in [7, 11) is -3.84. The van der Waals surface area contributed by atoms with Gasteiger partial charge in [0.2, 0.25) is 0 Å². The topological polar surface area (TPSA) is 85.1 Å². The Kier molecular flexibility index (Phi) is 3.84. The van der Waals surface area contributed by atoms with Crippen molar-refractivity contribution in [2.24, 2.45) is 0 Å². The van der Waals surface area contributed by atoms with Gasteiger partial charge in [-0.2, -0.15) is 0 Å². The van der Waals surface area contributed by atoms with Gasteiger partial charge in [-0.05, 0) is 30.3 Å². The average molecular weight is 318 g/mol. The Morgan fingerprint density at radius 1 is 1.11 bits per heavy atom. The molecule has 100 valence electrons. The van der Waals surface area contributed by atoms with Crippen LogP contribution in [0.3, 0.4) is 0 Å². The number of halogens is 2. The molecule has 5 nitrogen and oxygen atoms in total. The summed E-state index contributed by atoms with van der Waals surface area (Å²) < 4.78 is 26.6. The number of nitrogens with one attached hydrogen (secondary N) is 1. The van der Waals surface area contributed by atoms with Gasteiger partial charge in [-0.3, -0.25) is 4.72 Å². The molecule has 0 aliphatic carbocycles. The standard InChI is InChI=1S/C11H9Cl2N3O2S/c12-7-1-3-9(14)10(5-7)19(17,18)16-11-4-2-8(13)6-15-11/h1-6H,14H2,(H,15,16). The molecule has 3 N–H and O–H groups in total. The Morgan fingerprint density at radius 2 is 1.79 bits per heavy atom. The minimum absolute atomic E-state index is 0.100. The summed E-state index contributed by atoms with van der Waals surface area (Å²) in [6.45, 7) is 0. The molecule has 0 atom stereocenters. The molecule has 0 saturated carbocycles. The van der Waals surface area contributed by atoms with Crippen LogP contribution in [0.15, 0.2) is 41.4 Å². The van der Waals surface area contributed by atoms with Gasteiger partial charge in [0.1, 0.15) is 10.7 Å². The Labute approximate surface area is 120 Å². The van der Waals surface area contributed by atoms with Gasteiger partial charge >= 0.3 is 0 Å². The number of benzene rings is 1. The predicted molar refractivity (Wildman–Crippen MR) is 75.9 cm³/mol. The second kappa shape index (κ2) is 5.24. The van der Waals surface area contributed by atoms with Crippen LogP contribution in [0.25, 0.3) is 0 Å². The fourth-order valence-electron chi connectivity index (χ4n) is 1.37. The molecule has 1 aromatic carbocycles. The van der Waals surface area contributed by atoms with Crippen LogP contribution in [0.4, 0.5) is 11.5 Å². The Hall–Kier alpha value is -1.50. The van der Waals surface area contributed by atoms with E-state index >= 15 is 0 Å². The molecular weight excluding hydrogens is 309 g/mol. The summed E-state index contributed by atoms with van der Waals surface area (Å²) in [5.41, 5.74) is 5.74. The van der Waals surface area contributed by atoms with E-state index < -0.39 is 10.0 Å². The van der Waals surface area contributed by atoms with Gasteiger partial charge in [0.25, 0.3) is 10.0 Å². The number of sulfonamides is 1. The smallest absolute Gasteiger partial charge is 0.265 e. The number of nitrogens with two attached hydrogens (primary N) is 1. The molecule has 2 aromatic rings. The number of hydrogen-bond acceptors (Lipinski definition) is 4. The van der Waals surface area contributed by atoms with E-state index in [1.807, 2.05) is 0 Å². The summed E-state index contributed by atoms with van der Waals surface area (Å²) in [5, 5.41) is 0.684. The van der Waals surface area contributed by atoms with E-state index in [4.69, 9.17) is 28.9 Å². The molecule has 0 radical (unpaired) electrons. The lowest BCUT2D eigenvalue weighted by atomic mass is 10.3. The van der Waals surface area contributed by atoms with Crippen molar-refractivity contribution in [2.45, 2.75) is 4.90 Å². The highest BCUT2D eigenvalue weighted by molar-refractivity contribution is 7.92. The Morgan fingerprint density at radius 3 is 2.42 bits per heavy atom. The maximum absolute atomic E-state index is 12.1. The van der Waals surface area contributed by atoms with Crippen LogP contribution in [-0.2, 0) is 10.0 Å². The lowest BCUT2D eigenvalue weighted by molar-refractivity contribution is 0.601. The highest BCUT2D eigenvalue weighted by atomic mass is 35.5. The van der Waals surface area contributed by atoms with Gasteiger partial charge in [-0.15, -0.1) is 0 Å². The molecule has 19 heavy (non-hydrogen) atoms. The quantitative estimate of drug-likeness (QED) is 0.852. The van der Waals surface area contributed by atoms with Crippen molar-refractivity contribution in [1.82, 2.24) is 4.98 Å². The molecule has 0 fully saturated rings. The lowest BCUT2D eigenvalue weighted by Crippen LogP contribution is -2.15. The molecule has 0 unspecified atom stereocenters. The van der Waals surface area contributed by atoms with Crippen LogP contribution in [0, 0.1) is 0 Å². The van der Waals surface area contributed by atoms with E-state index in [1.54, 1.807) is 0 Å². The molecule has 0 aliphatic rings. The van der Waals surface area contributed by atoms with Crippen molar-refractivity contribution in [3.63, 3.8) is 0 Å². The van der Waals surface area contributed by atoms with Crippen LogP contribution >= 0.6 is 23.2 Å². The van der Waals surface area contributed by atoms with Gasteiger partial charge in [0.05, 0.1) is 10.7 Å². The van der Waals surface area contributed by atoms with Crippen molar-refractivity contribution in [1.29, 1.82) is 0 Å². The largest absolute Gasteiger partial charge is 0.398 e. The summed E-state index contributed by atoms with van der Waals surface area (Å²) >= 11 is 11.4. The van der Waals surface area contributed by atoms with E-state index in [-0.39, 0.29) is 21.4 Å². The van der Waals surface area contributed by atoms with E-state index in [9.17, 15) is 8.42 Å². The van der Waals surface area contributed by atoms with E-state index in [2.05, 4.69) is 9.71 Å². The van der Waals surface area contributed by atoms with E-state index in [0.717, 1.165) is 0 Å². The number of nitrogens with zero attached hydrogens (tertiary/aromatic N) is 1. The van der Waals surface area contributed by atoms with Crippen LogP contribution in [0.5, 0.6) is 0 Å². The monoisotopic (exact) mass is 317 g/mol. The van der Waals surface area contributed by atoms with Gasteiger partial charge < -0.3 is 5.73 Å². The van der Waals surface area contributed by atoms with E-state index in [1.165, 1.54) is 36.5 Å². The van der Waals surface area contributed by atoms with E-state index in [0.29, 0.717) is 5.02 Å². The maximum Gasteiger partial charge on any atom is 0.265 e. The second-order valence-electron chi connectivity index (χ2n) is 3.65. The SMILES string of the molecule is Nc1ccc(Cl)cc1S(=O)(=O)Nc1ccc(Cl)cn1. The molecule has 1 aromatic heterocycles. The highest BCUT2D eigenvalue weighted by Crippen LogP contribution is 2.24. The van der Waals surface area contributed by atoms with Crippen LogP contribution < -0.4 is 10.5 Å². The van der Waals surface area contributed by atoms with Crippen LogP contribution in [-0.4, -0.2) is 13.4 Å². The number of pyridine rings is 1. The number of anilines is 2. The molecule has 0 bridgehead atoms. The lowest BCUT2D eigenvalue weighted by Gasteiger charge is -2.09. The van der Waals surface area contributed by atoms with Gasteiger partial charge in [-0.25, -0.2) is 13.4 Å². The van der Waals surface area contributed by atoms with Crippen LogP contribution in [0.1, 0.15) is 0 Å². The third-order valence-corrected chi connectivity index (χ3v) is 4.10. The first kappa shape index (κ1) is 13.9. The number of aromatic nitrogens is 1. The van der Waals surface area contributed by atoms with Crippen LogP contribution in [0.2, 0.25) is 10.0 Å². The van der Waals surface area contributed by atoms with Crippen molar-refractivity contribution >= 4 is 44.7 Å². The van der Waals surface area contributed by atoms with Crippen molar-refractivity contribution in [2.75, 3.05) is 10.5 Å². The third-order valence-electron chi connectivity index (χ3n) is 2.23. The number of nitrogen functional groups attached to an aromatic ring is 1. The zero-order valence-electron chi connectivity index (χ0n) is 9.47. The normalized spacial score (nSPS) is 11.3. The van der Waals surface area contributed by atoms with Gasteiger partial charge in [0, 0.05) is 11.2 Å². The predicted octanol–water partition coefficient (Wildman–Crippen LogP) is 2.77. The number of hydrogen-bond donors (Lipinski definition) is 2. The molecule has 8 heteroatoms. The first-order valence-corrected chi connectivity index (χ1v) is 7.32. The van der Waals surface area contributed by atoms with Gasteiger partial charge in [0.15, 0.2) is 0 Å². The molecule has 2 rings (SSSR count). The summed E-state index contributed by atoms with van der Waals surface area (Å²) in [5.74, 6) is 0.142.